The number of rotatable bonds is 11. The first kappa shape index (κ1) is 28.5. The Kier molecular flexibility index (Phi) is 11.0. The lowest BCUT2D eigenvalue weighted by molar-refractivity contribution is -0.139. The van der Waals surface area contributed by atoms with E-state index >= 15 is 0 Å². The molecular weight excluding hydrogens is 535 g/mol. The van der Waals surface area contributed by atoms with Crippen LogP contribution in [0.4, 0.5) is 0 Å². The zero-order chi connectivity index (χ0) is 26.7. The topological polar surface area (TPSA) is 49.4 Å². The summed E-state index contributed by atoms with van der Waals surface area (Å²) in [5, 5.41) is 4.46. The summed E-state index contributed by atoms with van der Waals surface area (Å²) in [6.45, 7) is 0.373. The van der Waals surface area contributed by atoms with Crippen molar-refractivity contribution in [3.8, 4) is 0 Å². The largest absolute Gasteiger partial charge is 0.352 e. The van der Waals surface area contributed by atoms with Crippen molar-refractivity contribution in [1.29, 1.82) is 0 Å². The molecule has 1 aliphatic rings. The van der Waals surface area contributed by atoms with Crippen molar-refractivity contribution in [3.63, 3.8) is 0 Å². The number of hydrogen-bond donors (Lipinski definition) is 1. The minimum atomic E-state index is -0.605. The van der Waals surface area contributed by atoms with Gasteiger partial charge in [0.2, 0.25) is 11.8 Å². The normalized spacial score (nSPS) is 14.6. The molecule has 4 nitrogen and oxygen atoms in total. The van der Waals surface area contributed by atoms with Gasteiger partial charge in [0.1, 0.15) is 6.04 Å². The number of thioether (sulfide) groups is 1. The minimum Gasteiger partial charge on any atom is -0.352 e. The van der Waals surface area contributed by atoms with E-state index in [2.05, 4.69) is 5.32 Å². The smallest absolute Gasteiger partial charge is 0.243 e. The first-order valence-corrected chi connectivity index (χ1v) is 15.1. The molecule has 0 bridgehead atoms. The zero-order valence-electron chi connectivity index (χ0n) is 21.5. The van der Waals surface area contributed by atoms with Gasteiger partial charge in [0, 0.05) is 34.8 Å². The molecule has 1 unspecified atom stereocenters. The monoisotopic (exact) mass is 568 g/mol. The fraction of sp³-hybridized carbons (Fsp3) is 0.355. The number of benzene rings is 3. The Morgan fingerprint density at radius 2 is 1.55 bits per heavy atom. The highest BCUT2D eigenvalue weighted by atomic mass is 35.5. The van der Waals surface area contributed by atoms with Crippen LogP contribution < -0.4 is 5.32 Å². The molecule has 0 aromatic heterocycles. The number of carbonyl (C=O) groups excluding carboxylic acids is 2. The average molecular weight is 570 g/mol. The van der Waals surface area contributed by atoms with Gasteiger partial charge in [-0.05, 0) is 41.7 Å². The highest BCUT2D eigenvalue weighted by Crippen LogP contribution is 2.26. The molecule has 1 saturated carbocycles. The van der Waals surface area contributed by atoms with Gasteiger partial charge >= 0.3 is 0 Å². The summed E-state index contributed by atoms with van der Waals surface area (Å²) in [7, 11) is 0. The number of carbonyl (C=O) groups is 2. The average Bonchev–Trinajstić information content (AvgIpc) is 2.93. The first-order chi connectivity index (χ1) is 18.5. The summed E-state index contributed by atoms with van der Waals surface area (Å²) in [6.07, 6.45) is 5.93. The van der Waals surface area contributed by atoms with Crippen molar-refractivity contribution in [2.45, 2.75) is 62.9 Å². The highest BCUT2D eigenvalue weighted by Gasteiger charge is 2.31. The molecule has 0 spiro atoms. The lowest BCUT2D eigenvalue weighted by Gasteiger charge is -2.33. The van der Waals surface area contributed by atoms with Gasteiger partial charge < -0.3 is 10.2 Å². The second-order valence-electron chi connectivity index (χ2n) is 9.78. The molecule has 38 heavy (non-hydrogen) atoms. The molecule has 0 saturated heterocycles. The molecule has 0 aliphatic heterocycles. The van der Waals surface area contributed by atoms with Crippen LogP contribution in [0.25, 0.3) is 0 Å². The zero-order valence-corrected chi connectivity index (χ0v) is 23.8. The number of amides is 2. The van der Waals surface area contributed by atoms with Crippen LogP contribution in [-0.2, 0) is 28.3 Å². The third-order valence-electron chi connectivity index (χ3n) is 6.92. The fourth-order valence-electron chi connectivity index (χ4n) is 4.85. The maximum absolute atomic E-state index is 13.8. The van der Waals surface area contributed by atoms with Crippen molar-refractivity contribution in [3.05, 3.63) is 106 Å². The van der Waals surface area contributed by atoms with Gasteiger partial charge in [-0.1, -0.05) is 109 Å². The summed E-state index contributed by atoms with van der Waals surface area (Å²) in [5.41, 5.74) is 2.96. The third kappa shape index (κ3) is 8.52. The van der Waals surface area contributed by atoms with Crippen molar-refractivity contribution in [2.24, 2.45) is 0 Å². The van der Waals surface area contributed by atoms with Crippen molar-refractivity contribution < 1.29 is 9.59 Å². The molecule has 4 rings (SSSR count). The van der Waals surface area contributed by atoms with E-state index in [0.717, 1.165) is 42.4 Å². The van der Waals surface area contributed by atoms with E-state index in [1.807, 2.05) is 66.7 Å². The third-order valence-corrected chi connectivity index (χ3v) is 8.47. The Morgan fingerprint density at radius 3 is 2.21 bits per heavy atom. The number of halogens is 2. The van der Waals surface area contributed by atoms with Gasteiger partial charge in [-0.2, -0.15) is 0 Å². The Hall–Kier alpha value is -2.47. The molecule has 2 amide bonds. The van der Waals surface area contributed by atoms with E-state index in [1.165, 1.54) is 18.2 Å². The molecule has 3 aromatic rings. The summed E-state index contributed by atoms with van der Waals surface area (Å²) in [5.74, 6) is 0.686. The summed E-state index contributed by atoms with van der Waals surface area (Å²) >= 11 is 13.9. The molecule has 200 valence electrons. The molecule has 1 N–H and O–H groups in total. The van der Waals surface area contributed by atoms with Gasteiger partial charge in [-0.15, -0.1) is 11.8 Å². The van der Waals surface area contributed by atoms with E-state index in [4.69, 9.17) is 23.2 Å². The van der Waals surface area contributed by atoms with E-state index in [9.17, 15) is 9.59 Å². The van der Waals surface area contributed by atoms with Crippen LogP contribution in [0.3, 0.4) is 0 Å². The standard InChI is InChI=1S/C31H34Cl2N2O2S/c32-26-17-16-25(28(33)19-26)21-38-22-30(36)35(20-24-12-6-2-7-13-24)29(18-23-10-4-1-5-11-23)31(37)34-27-14-8-3-9-15-27/h1-2,4-7,10-13,16-17,19,27,29H,3,8-9,14-15,18,20-22H2,(H,34,37). The molecule has 3 aromatic carbocycles. The van der Waals surface area contributed by atoms with Crippen LogP contribution in [-0.4, -0.2) is 34.6 Å². The van der Waals surface area contributed by atoms with Gasteiger partial charge in [0.15, 0.2) is 0 Å². The van der Waals surface area contributed by atoms with Gasteiger partial charge in [0.25, 0.3) is 0 Å². The second kappa shape index (κ2) is 14.6. The minimum absolute atomic E-state index is 0.0661. The molecule has 0 radical (unpaired) electrons. The number of nitrogens with zero attached hydrogens (tertiary/aromatic N) is 1. The Bertz CT molecular complexity index is 1190. The number of hydrogen-bond acceptors (Lipinski definition) is 3. The Balaban J connectivity index is 1.55. The molecule has 1 aliphatic carbocycles. The fourth-order valence-corrected chi connectivity index (χ4v) is 6.32. The summed E-state index contributed by atoms with van der Waals surface area (Å²) < 4.78 is 0. The van der Waals surface area contributed by atoms with Gasteiger partial charge in [-0.25, -0.2) is 0 Å². The summed E-state index contributed by atoms with van der Waals surface area (Å²) in [4.78, 5) is 29.3. The predicted octanol–water partition coefficient (Wildman–Crippen LogP) is 7.32. The van der Waals surface area contributed by atoms with E-state index in [1.54, 1.807) is 17.0 Å². The van der Waals surface area contributed by atoms with Crippen molar-refractivity contribution in [2.75, 3.05) is 5.75 Å². The first-order valence-electron chi connectivity index (χ1n) is 13.2. The van der Waals surface area contributed by atoms with Crippen LogP contribution in [0.1, 0.15) is 48.8 Å². The molecule has 7 heteroatoms. The lowest BCUT2D eigenvalue weighted by atomic mass is 9.94. The van der Waals surface area contributed by atoms with Crippen LogP contribution in [0.2, 0.25) is 10.0 Å². The Morgan fingerprint density at radius 1 is 0.895 bits per heavy atom. The van der Waals surface area contributed by atoms with Crippen molar-refractivity contribution in [1.82, 2.24) is 10.2 Å². The summed E-state index contributed by atoms with van der Waals surface area (Å²) in [6, 6.07) is 24.8. The van der Waals surface area contributed by atoms with E-state index in [0.29, 0.717) is 28.8 Å². The van der Waals surface area contributed by atoms with Crippen LogP contribution in [0.5, 0.6) is 0 Å². The van der Waals surface area contributed by atoms with E-state index in [-0.39, 0.29) is 23.6 Å². The quantitative estimate of drug-likeness (QED) is 0.263. The second-order valence-corrected chi connectivity index (χ2v) is 11.6. The Labute approximate surface area is 240 Å². The highest BCUT2D eigenvalue weighted by molar-refractivity contribution is 7.99. The van der Waals surface area contributed by atoms with Crippen LogP contribution in [0, 0.1) is 0 Å². The van der Waals surface area contributed by atoms with Crippen LogP contribution >= 0.6 is 35.0 Å². The molecular formula is C31H34Cl2N2O2S. The van der Waals surface area contributed by atoms with Crippen molar-refractivity contribution >= 4 is 46.8 Å². The molecule has 0 heterocycles. The van der Waals surface area contributed by atoms with Gasteiger partial charge in [-0.3, -0.25) is 9.59 Å². The number of nitrogens with one attached hydrogen (secondary N) is 1. The van der Waals surface area contributed by atoms with Crippen LogP contribution in [0.15, 0.2) is 78.9 Å². The van der Waals surface area contributed by atoms with E-state index < -0.39 is 6.04 Å². The lowest BCUT2D eigenvalue weighted by Crippen LogP contribution is -2.53. The SMILES string of the molecule is O=C(NC1CCCCC1)C(Cc1ccccc1)N(Cc1ccccc1)C(=O)CSCc1ccc(Cl)cc1Cl. The maximum atomic E-state index is 13.8. The molecule has 1 fully saturated rings. The predicted molar refractivity (Wildman–Crippen MR) is 159 cm³/mol. The van der Waals surface area contributed by atoms with Gasteiger partial charge in [0.05, 0.1) is 5.75 Å². The molecule has 1 atom stereocenters. The maximum Gasteiger partial charge on any atom is 0.243 e.